The first-order valence-corrected chi connectivity index (χ1v) is 11.6. The summed E-state index contributed by atoms with van der Waals surface area (Å²) in [6.45, 7) is 3.29. The number of rotatable bonds is 3. The molecule has 0 aliphatic carbocycles. The third kappa shape index (κ3) is 3.47. The second kappa shape index (κ2) is 8.24. The maximum Gasteiger partial charge on any atom is 0.320 e. The highest BCUT2D eigenvalue weighted by atomic mass is 16.5. The normalized spacial score (nSPS) is 26.4. The third-order valence-electron chi connectivity index (χ3n) is 7.60. The summed E-state index contributed by atoms with van der Waals surface area (Å²) in [6, 6.07) is 17.9. The number of carbonyl (C=O) groups is 2. The average molecular weight is 434 g/mol. The number of methoxy groups -OCH3 is 1. The number of nitrogens with zero attached hydrogens (tertiary/aromatic N) is 2. The van der Waals surface area contributed by atoms with Gasteiger partial charge in [0.15, 0.2) is 5.72 Å². The van der Waals surface area contributed by atoms with E-state index in [1.54, 1.807) is 7.11 Å². The fourth-order valence-electron chi connectivity index (χ4n) is 5.77. The lowest BCUT2D eigenvalue weighted by Gasteiger charge is -2.51. The Hall–Kier alpha value is -2.86. The van der Waals surface area contributed by atoms with Gasteiger partial charge in [-0.05, 0) is 43.7 Å². The van der Waals surface area contributed by atoms with Gasteiger partial charge in [-0.15, -0.1) is 0 Å². The van der Waals surface area contributed by atoms with Crippen molar-refractivity contribution in [2.75, 3.05) is 20.2 Å². The number of hydrogen-bond acceptors (Lipinski definition) is 3. The molecule has 6 nitrogen and oxygen atoms in total. The molecule has 6 heteroatoms. The third-order valence-corrected chi connectivity index (χ3v) is 7.60. The van der Waals surface area contributed by atoms with Gasteiger partial charge in [-0.3, -0.25) is 4.79 Å². The van der Waals surface area contributed by atoms with Gasteiger partial charge in [0.2, 0.25) is 5.91 Å². The number of fused-ring (bicyclic) bond motifs is 4. The molecule has 3 aliphatic rings. The molecule has 0 spiro atoms. The minimum Gasteiger partial charge on any atom is -0.355 e. The molecule has 0 saturated carbocycles. The van der Waals surface area contributed by atoms with Crippen molar-refractivity contribution in [3.63, 3.8) is 0 Å². The fourth-order valence-corrected chi connectivity index (χ4v) is 5.77. The van der Waals surface area contributed by atoms with E-state index in [9.17, 15) is 9.59 Å². The van der Waals surface area contributed by atoms with Crippen LogP contribution in [0.3, 0.4) is 0 Å². The quantitative estimate of drug-likeness (QED) is 0.749. The highest BCUT2D eigenvalue weighted by molar-refractivity contribution is 5.84. The van der Waals surface area contributed by atoms with E-state index in [4.69, 9.17) is 4.74 Å². The molecular formula is C26H31N3O3. The second-order valence-corrected chi connectivity index (χ2v) is 9.27. The number of amides is 3. The van der Waals surface area contributed by atoms with Crippen molar-refractivity contribution in [2.45, 2.75) is 50.4 Å². The van der Waals surface area contributed by atoms with Gasteiger partial charge in [0.25, 0.3) is 0 Å². The first kappa shape index (κ1) is 21.0. The first-order chi connectivity index (χ1) is 15.5. The molecule has 2 fully saturated rings. The Morgan fingerprint density at radius 1 is 1.09 bits per heavy atom. The molecule has 3 aliphatic heterocycles. The molecule has 32 heavy (non-hydrogen) atoms. The number of urea groups is 1. The fraction of sp³-hybridized carbons (Fsp3) is 0.462. The van der Waals surface area contributed by atoms with Gasteiger partial charge in [0.1, 0.15) is 0 Å². The van der Waals surface area contributed by atoms with E-state index in [2.05, 4.69) is 28.4 Å². The molecule has 5 rings (SSSR count). The van der Waals surface area contributed by atoms with Crippen molar-refractivity contribution in [3.05, 3.63) is 71.3 Å². The van der Waals surface area contributed by atoms with Gasteiger partial charge >= 0.3 is 6.03 Å². The zero-order valence-electron chi connectivity index (χ0n) is 18.8. The van der Waals surface area contributed by atoms with Gasteiger partial charge in [-0.1, -0.05) is 54.6 Å². The van der Waals surface area contributed by atoms with Crippen LogP contribution in [-0.4, -0.2) is 48.0 Å². The monoisotopic (exact) mass is 433 g/mol. The van der Waals surface area contributed by atoms with Crippen molar-refractivity contribution < 1.29 is 14.3 Å². The van der Waals surface area contributed by atoms with Crippen molar-refractivity contribution in [2.24, 2.45) is 5.92 Å². The van der Waals surface area contributed by atoms with Crippen LogP contribution in [0.5, 0.6) is 0 Å². The Bertz CT molecular complexity index is 1010. The van der Waals surface area contributed by atoms with Crippen LogP contribution in [0.1, 0.15) is 48.9 Å². The molecule has 1 N–H and O–H groups in total. The molecule has 0 aromatic heterocycles. The summed E-state index contributed by atoms with van der Waals surface area (Å²) in [7, 11) is 1.60. The van der Waals surface area contributed by atoms with Crippen molar-refractivity contribution in [1.82, 2.24) is 15.1 Å². The van der Waals surface area contributed by atoms with Crippen LogP contribution in [0.15, 0.2) is 54.6 Å². The minimum atomic E-state index is -0.937. The van der Waals surface area contributed by atoms with E-state index in [0.717, 1.165) is 37.8 Å². The molecule has 4 atom stereocenters. The highest BCUT2D eigenvalue weighted by Gasteiger charge is 2.49. The van der Waals surface area contributed by atoms with Crippen molar-refractivity contribution in [1.29, 1.82) is 0 Å². The molecule has 2 saturated heterocycles. The largest absolute Gasteiger partial charge is 0.355 e. The Morgan fingerprint density at radius 3 is 2.62 bits per heavy atom. The summed E-state index contributed by atoms with van der Waals surface area (Å²) in [5, 5.41) is 3.11. The number of likely N-dealkylation sites (tertiary alicyclic amines) is 1. The molecule has 168 valence electrons. The van der Waals surface area contributed by atoms with Crippen LogP contribution in [0, 0.1) is 5.92 Å². The lowest BCUT2D eigenvalue weighted by molar-refractivity contribution is -0.148. The summed E-state index contributed by atoms with van der Waals surface area (Å²) < 4.78 is 5.74. The molecular weight excluding hydrogens is 402 g/mol. The summed E-state index contributed by atoms with van der Waals surface area (Å²) in [5.74, 6) is 0.0809. The molecule has 2 aromatic rings. The van der Waals surface area contributed by atoms with Crippen LogP contribution < -0.4 is 5.32 Å². The number of benzene rings is 2. The zero-order chi connectivity index (χ0) is 22.3. The lowest BCUT2D eigenvalue weighted by atomic mass is 9.76. The number of hydrogen-bond donors (Lipinski definition) is 1. The van der Waals surface area contributed by atoms with Crippen molar-refractivity contribution in [3.8, 4) is 0 Å². The summed E-state index contributed by atoms with van der Waals surface area (Å²) >= 11 is 0. The summed E-state index contributed by atoms with van der Waals surface area (Å²) in [5.41, 5.74) is 2.51. The number of piperidine rings is 2. The smallest absolute Gasteiger partial charge is 0.320 e. The van der Waals surface area contributed by atoms with Gasteiger partial charge in [-0.2, -0.15) is 0 Å². The van der Waals surface area contributed by atoms with Gasteiger partial charge in [-0.25, -0.2) is 4.79 Å². The standard InChI is InChI=1S/C26H31N3O3/c1-26(32-2,19-10-4-3-5-11-19)27-25(31)29-15-8-13-21-23(29)17-22-20-12-7-6-9-18(20)14-16-28(22)24(21)30/h3-7,9-12,21-23H,8,13-17H2,1-2H3,(H,27,31)/t21-,22+,23-,26-/m1/s1. The predicted octanol–water partition coefficient (Wildman–Crippen LogP) is 3.83. The lowest BCUT2D eigenvalue weighted by Crippen LogP contribution is -2.62. The number of nitrogens with one attached hydrogen (secondary N) is 1. The Morgan fingerprint density at radius 2 is 1.84 bits per heavy atom. The van der Waals surface area contributed by atoms with Crippen molar-refractivity contribution >= 4 is 11.9 Å². The van der Waals surface area contributed by atoms with Crippen LogP contribution >= 0.6 is 0 Å². The maximum atomic E-state index is 13.5. The average Bonchev–Trinajstić information content (AvgIpc) is 2.84. The van der Waals surface area contributed by atoms with Crippen LogP contribution in [0.2, 0.25) is 0 Å². The molecule has 0 bridgehead atoms. The summed E-state index contributed by atoms with van der Waals surface area (Å²) in [4.78, 5) is 31.0. The van der Waals surface area contributed by atoms with Gasteiger partial charge < -0.3 is 19.9 Å². The van der Waals surface area contributed by atoms with Crippen LogP contribution in [0.4, 0.5) is 4.79 Å². The zero-order valence-corrected chi connectivity index (χ0v) is 18.8. The Labute approximate surface area is 189 Å². The first-order valence-electron chi connectivity index (χ1n) is 11.6. The van der Waals surface area contributed by atoms with E-state index >= 15 is 0 Å². The highest BCUT2D eigenvalue weighted by Crippen LogP contribution is 2.43. The van der Waals surface area contributed by atoms with Crippen LogP contribution in [0.25, 0.3) is 0 Å². The molecule has 2 aromatic carbocycles. The molecule has 3 amide bonds. The van der Waals surface area contributed by atoms with E-state index in [1.165, 1.54) is 11.1 Å². The number of carbonyl (C=O) groups excluding carboxylic acids is 2. The minimum absolute atomic E-state index is 0.0463. The molecule has 0 radical (unpaired) electrons. The Kier molecular flexibility index (Phi) is 5.41. The molecule has 3 heterocycles. The van der Waals surface area contributed by atoms with Crippen LogP contribution in [-0.2, 0) is 21.7 Å². The van der Waals surface area contributed by atoms with E-state index in [-0.39, 0.29) is 29.9 Å². The second-order valence-electron chi connectivity index (χ2n) is 9.27. The Balaban J connectivity index is 1.41. The summed E-state index contributed by atoms with van der Waals surface area (Å²) in [6.07, 6.45) is 3.38. The van der Waals surface area contributed by atoms with E-state index in [1.807, 2.05) is 48.2 Å². The topological polar surface area (TPSA) is 61.9 Å². The maximum absolute atomic E-state index is 13.5. The van der Waals surface area contributed by atoms with Gasteiger partial charge in [0.05, 0.1) is 12.0 Å². The van der Waals surface area contributed by atoms with E-state index < -0.39 is 5.72 Å². The SMILES string of the molecule is CO[C@@](C)(NC(=O)N1CCC[C@H]2C(=O)N3CCc4ccccc4[C@@H]3C[C@H]21)c1ccccc1. The van der Waals surface area contributed by atoms with Gasteiger partial charge in [0, 0.05) is 31.8 Å². The predicted molar refractivity (Wildman–Crippen MR) is 122 cm³/mol. The molecule has 0 unspecified atom stereocenters. The van der Waals surface area contributed by atoms with E-state index in [0.29, 0.717) is 6.54 Å². The number of ether oxygens (including phenoxy) is 1.